The second-order valence-electron chi connectivity index (χ2n) is 22.8. The Morgan fingerprint density at radius 1 is 0.579 bits per heavy atom. The zero-order valence-corrected chi connectivity index (χ0v) is 57.4. The van der Waals surface area contributed by atoms with Gasteiger partial charge in [-0.3, -0.25) is 9.35 Å². The van der Waals surface area contributed by atoms with E-state index in [1.54, 1.807) is 13.2 Å². The zero-order chi connectivity index (χ0) is 68.4. The lowest BCUT2D eigenvalue weighted by molar-refractivity contribution is -0.438. The molecule has 1 amide bonds. The number of nitrogens with one attached hydrogen (secondary N) is 1. The van der Waals surface area contributed by atoms with Crippen LogP contribution >= 0.6 is 12.0 Å². The number of carbonyl (C=O) groups excluding carboxylic acids is 2. The van der Waals surface area contributed by atoms with E-state index in [-0.39, 0.29) is 29.0 Å². The number of anilines is 1. The number of aromatic nitrogens is 1. The SMILES string of the molecule is COCCOCCOCCOCCOCCOCCOCCOCCOCCOCCOCCOCCNC(=O)CCCCCN1C(=CC=CC=CC2=[N+](CCCCCC(=O)On3c(O)ccc3O)c3ccc(SOOO)cc3C2(C)C)C(C)(C)c2cc(S(=O)(=O)O)ccc21. The molecule has 0 atom stereocenters. The van der Waals surface area contributed by atoms with Crippen molar-refractivity contribution < 1.29 is 114 Å². The number of ether oxygens (including phenoxy) is 12. The van der Waals surface area contributed by atoms with Crippen molar-refractivity contribution in [2.24, 2.45) is 0 Å². The van der Waals surface area contributed by atoms with Crippen LogP contribution in [0.3, 0.4) is 0 Å². The monoisotopic (exact) mass is 1380 g/mol. The third-order valence-electron chi connectivity index (χ3n) is 15.2. The second-order valence-corrected chi connectivity index (χ2v) is 25.0. The molecule has 2 aliphatic heterocycles. The maximum Gasteiger partial charge on any atom is 0.333 e. The van der Waals surface area contributed by atoms with Crippen LogP contribution in [0.4, 0.5) is 11.4 Å². The number of carbonyl (C=O) groups is 2. The van der Waals surface area contributed by atoms with Crippen molar-refractivity contribution in [2.75, 3.05) is 184 Å². The van der Waals surface area contributed by atoms with Gasteiger partial charge in [-0.15, -0.1) is 9.06 Å². The summed E-state index contributed by atoms with van der Waals surface area (Å²) >= 11 is 0.879. The van der Waals surface area contributed by atoms with E-state index in [4.69, 9.17) is 71.3 Å². The smallest absolute Gasteiger partial charge is 0.333 e. The number of aromatic hydroxyl groups is 2. The number of allylic oxidation sites excluding steroid dienone is 6. The third kappa shape index (κ3) is 29.7. The van der Waals surface area contributed by atoms with Gasteiger partial charge < -0.3 is 82.1 Å². The minimum absolute atomic E-state index is 0.0644. The molecule has 0 unspecified atom stereocenters. The molecule has 5 rings (SSSR count). The van der Waals surface area contributed by atoms with Gasteiger partial charge in [0.05, 0.1) is 174 Å². The largest absolute Gasteiger partial charge is 0.492 e. The van der Waals surface area contributed by atoms with Gasteiger partial charge in [0.25, 0.3) is 10.1 Å². The van der Waals surface area contributed by atoms with Gasteiger partial charge in [-0.05, 0) is 81.5 Å². The van der Waals surface area contributed by atoms with E-state index in [1.165, 1.54) is 24.3 Å². The van der Waals surface area contributed by atoms with Gasteiger partial charge in [-0.1, -0.05) is 43.5 Å². The van der Waals surface area contributed by atoms with Crippen LogP contribution in [-0.2, 0) is 96.8 Å². The molecule has 0 saturated carbocycles. The molecule has 95 heavy (non-hydrogen) atoms. The van der Waals surface area contributed by atoms with E-state index < -0.39 is 26.9 Å². The van der Waals surface area contributed by atoms with Crippen LogP contribution in [0.15, 0.2) is 94.4 Å². The summed E-state index contributed by atoms with van der Waals surface area (Å²) in [7, 11) is -2.83. The first-order chi connectivity index (χ1) is 46.0. The first kappa shape index (κ1) is 80.3. The molecule has 27 nitrogen and oxygen atoms in total. The van der Waals surface area contributed by atoms with Crippen molar-refractivity contribution in [3.8, 4) is 11.8 Å². The summed E-state index contributed by atoms with van der Waals surface area (Å²) in [5.74, 6) is -1.43. The Balaban J connectivity index is 0.916. The Kier molecular flexibility index (Phi) is 38.9. The number of hydrogen-bond donors (Lipinski definition) is 5. The van der Waals surface area contributed by atoms with Crippen LogP contribution in [0.5, 0.6) is 11.8 Å². The minimum Gasteiger partial charge on any atom is -0.492 e. The van der Waals surface area contributed by atoms with Gasteiger partial charge in [0.1, 0.15) is 6.54 Å². The van der Waals surface area contributed by atoms with Crippen molar-refractivity contribution in [3.63, 3.8) is 0 Å². The zero-order valence-electron chi connectivity index (χ0n) is 55.8. The quantitative estimate of drug-likeness (QED) is 0.00696. The standard InChI is InChI=1S/C66H100N4O23S2/c1-65(2)55-51-53(94-93-92-75)19-21-57(55)68(27-14-8-12-18-64(74)91-70-62(72)23-24-63(70)73)59(65)15-9-6-10-16-60-66(3,4)56-52-54(95(76,77)78)20-22-58(56)69(60)26-13-7-11-17-61(71)67-25-28-80-31-32-82-35-36-84-39-40-86-43-44-88-47-48-90-50-49-89-46-45-87-42-41-85-38-37-83-34-33-81-30-29-79-5/h6,9-10,15-16,19-24,51-52H,7-8,11-14,17-18,25-50H2,1-5H3,(H4-,67,71,72,73,75,76,77,78)/p+1. The predicted molar refractivity (Wildman–Crippen MR) is 353 cm³/mol. The molecular weight excluding hydrogens is 1280 g/mol. The van der Waals surface area contributed by atoms with Crippen molar-refractivity contribution in [3.05, 3.63) is 95.7 Å². The van der Waals surface area contributed by atoms with E-state index in [0.29, 0.717) is 202 Å². The number of benzene rings is 2. The number of unbranched alkanes of at least 4 members (excludes halogenated alkanes) is 4. The summed E-state index contributed by atoms with van der Waals surface area (Å²) in [5, 5.41) is 35.3. The van der Waals surface area contributed by atoms with Crippen LogP contribution in [-0.4, -0.2) is 234 Å². The first-order valence-electron chi connectivity index (χ1n) is 32.3. The van der Waals surface area contributed by atoms with Gasteiger partial charge in [0.2, 0.25) is 23.4 Å². The summed E-state index contributed by atoms with van der Waals surface area (Å²) in [6.07, 6.45) is 14.5. The van der Waals surface area contributed by atoms with Crippen molar-refractivity contribution >= 4 is 51.1 Å². The first-order valence-corrected chi connectivity index (χ1v) is 34.5. The maximum atomic E-state index is 12.7. The number of rotatable bonds is 56. The summed E-state index contributed by atoms with van der Waals surface area (Å²) in [5.41, 5.74) is 4.45. The Hall–Kier alpha value is -5.39. The molecule has 0 fully saturated rings. The highest BCUT2D eigenvalue weighted by Gasteiger charge is 2.45. The van der Waals surface area contributed by atoms with Gasteiger partial charge in [0, 0.05) is 91.0 Å². The van der Waals surface area contributed by atoms with E-state index in [2.05, 4.69) is 39.8 Å². The molecule has 29 heteroatoms. The lowest BCUT2D eigenvalue weighted by atomic mass is 9.81. The van der Waals surface area contributed by atoms with Gasteiger partial charge in [-0.25, -0.2) is 10.1 Å². The Morgan fingerprint density at radius 3 is 1.60 bits per heavy atom. The molecule has 3 aromatic rings. The molecule has 3 heterocycles. The van der Waals surface area contributed by atoms with Gasteiger partial charge in [-0.2, -0.15) is 13.0 Å². The lowest BCUT2D eigenvalue weighted by Gasteiger charge is -2.27. The fourth-order valence-corrected chi connectivity index (χ4v) is 11.2. The Labute approximate surface area is 563 Å². The summed E-state index contributed by atoms with van der Waals surface area (Å²) < 4.78 is 108. The van der Waals surface area contributed by atoms with Crippen molar-refractivity contribution in [1.82, 2.24) is 10.0 Å². The van der Waals surface area contributed by atoms with Gasteiger partial charge >= 0.3 is 5.97 Å². The molecule has 0 saturated heterocycles. The highest BCUT2D eigenvalue weighted by atomic mass is 32.2. The Morgan fingerprint density at radius 2 is 1.08 bits per heavy atom. The molecule has 2 aliphatic rings. The summed E-state index contributed by atoms with van der Waals surface area (Å²) in [6, 6.07) is 13.0. The van der Waals surface area contributed by atoms with Crippen LogP contribution in [0.25, 0.3) is 0 Å². The van der Waals surface area contributed by atoms with Crippen LogP contribution in [0.2, 0.25) is 0 Å². The van der Waals surface area contributed by atoms with E-state index in [9.17, 15) is 32.8 Å². The highest BCUT2D eigenvalue weighted by Crippen LogP contribution is 2.49. The predicted octanol–water partition coefficient (Wildman–Crippen LogP) is 7.47. The second kappa shape index (κ2) is 46.0. The average Bonchev–Trinajstić information content (AvgIpc) is 1.60. The van der Waals surface area contributed by atoms with E-state index in [1.807, 2.05) is 56.4 Å². The van der Waals surface area contributed by atoms with Crippen LogP contribution < -0.4 is 15.1 Å². The van der Waals surface area contributed by atoms with Crippen molar-refractivity contribution in [2.45, 2.75) is 99.7 Å². The fraction of sp³-hybridized carbons (Fsp3) is 0.621. The molecular formula is C66H101N4O23S2+. The number of methoxy groups -OCH3 is 1. The summed E-state index contributed by atoms with van der Waals surface area (Å²) in [4.78, 5) is 33.0. The number of amides is 1. The molecule has 534 valence electrons. The minimum atomic E-state index is -4.46. The average molecular weight is 1380 g/mol. The van der Waals surface area contributed by atoms with Gasteiger partial charge in [0.15, 0.2) is 5.71 Å². The van der Waals surface area contributed by atoms with Crippen molar-refractivity contribution in [1.29, 1.82) is 0 Å². The third-order valence-corrected chi connectivity index (χ3v) is 16.6. The normalized spacial score (nSPS) is 14.7. The van der Waals surface area contributed by atoms with E-state index in [0.717, 1.165) is 70.1 Å². The molecule has 5 N–H and O–H groups in total. The molecule has 0 radical (unpaired) electrons. The molecule has 0 aliphatic carbocycles. The number of hydrogen-bond acceptors (Lipinski definition) is 24. The number of fused-ring (bicyclic) bond motifs is 2. The maximum absolute atomic E-state index is 12.7. The molecule has 0 bridgehead atoms. The number of nitrogens with zero attached hydrogens (tertiary/aromatic N) is 3. The molecule has 0 spiro atoms. The van der Waals surface area contributed by atoms with E-state index >= 15 is 0 Å². The highest BCUT2D eigenvalue weighted by molar-refractivity contribution is 7.94. The fourth-order valence-electron chi connectivity index (χ4n) is 10.3. The van der Waals surface area contributed by atoms with Crippen LogP contribution in [0, 0.1) is 0 Å². The molecule has 2 aromatic carbocycles. The van der Waals surface area contributed by atoms with Crippen LogP contribution in [0.1, 0.15) is 90.2 Å². The molecule has 1 aromatic heterocycles. The topological polar surface area (TPSA) is 311 Å². The Bertz CT molecular complexity index is 2920. The lowest BCUT2D eigenvalue weighted by Crippen LogP contribution is -2.28. The summed E-state index contributed by atoms with van der Waals surface area (Å²) in [6.45, 7) is 20.7.